The predicted molar refractivity (Wildman–Crippen MR) is 117 cm³/mol. The summed E-state index contributed by atoms with van der Waals surface area (Å²) in [4.78, 5) is 4.37. The fourth-order valence-electron chi connectivity index (χ4n) is 4.12. The zero-order chi connectivity index (χ0) is 17.5. The van der Waals surface area contributed by atoms with Gasteiger partial charge in [0.1, 0.15) is 5.82 Å². The van der Waals surface area contributed by atoms with E-state index < -0.39 is 0 Å². The van der Waals surface area contributed by atoms with Crippen LogP contribution in [0.2, 0.25) is 0 Å². The quantitative estimate of drug-likeness (QED) is 0.375. The third kappa shape index (κ3) is 6.09. The van der Waals surface area contributed by atoms with Gasteiger partial charge in [-0.05, 0) is 38.5 Å². The third-order valence-corrected chi connectivity index (χ3v) is 5.69. The monoisotopic (exact) mass is 474 g/mol. The fraction of sp³-hybridized carbons (Fsp3) is 0.842. The summed E-state index contributed by atoms with van der Waals surface area (Å²) >= 11 is 0. The van der Waals surface area contributed by atoms with Crippen molar-refractivity contribution in [1.82, 2.24) is 25.4 Å². The lowest BCUT2D eigenvalue weighted by Gasteiger charge is -2.24. The molecule has 1 aliphatic heterocycles. The van der Waals surface area contributed by atoms with E-state index in [9.17, 15) is 0 Å². The SMILES string of the molecule is CN=C(NCc1nnc2n1CCCC2)NC(C)CCC1CCCCC1.I. The Morgan fingerprint density at radius 3 is 2.77 bits per heavy atom. The van der Waals surface area contributed by atoms with Crippen LogP contribution in [0.1, 0.15) is 76.4 Å². The number of aryl methyl sites for hydroxylation is 1. The summed E-state index contributed by atoms with van der Waals surface area (Å²) in [5.41, 5.74) is 0. The summed E-state index contributed by atoms with van der Waals surface area (Å²) in [6.45, 7) is 3.99. The second kappa shape index (κ2) is 11.1. The number of nitrogens with zero attached hydrogens (tertiary/aromatic N) is 4. The molecule has 26 heavy (non-hydrogen) atoms. The van der Waals surface area contributed by atoms with E-state index >= 15 is 0 Å². The van der Waals surface area contributed by atoms with Gasteiger partial charge in [-0.2, -0.15) is 0 Å². The van der Waals surface area contributed by atoms with E-state index in [2.05, 4.69) is 37.3 Å². The van der Waals surface area contributed by atoms with Gasteiger partial charge >= 0.3 is 0 Å². The molecule has 3 rings (SSSR count). The molecule has 0 spiro atoms. The third-order valence-electron chi connectivity index (χ3n) is 5.69. The molecule has 1 aromatic rings. The molecule has 1 aliphatic carbocycles. The molecule has 0 aromatic carbocycles. The minimum absolute atomic E-state index is 0. The zero-order valence-corrected chi connectivity index (χ0v) is 18.7. The van der Waals surface area contributed by atoms with E-state index in [1.165, 1.54) is 57.8 Å². The molecule has 0 radical (unpaired) electrons. The van der Waals surface area contributed by atoms with Crippen LogP contribution in [0.25, 0.3) is 0 Å². The highest BCUT2D eigenvalue weighted by atomic mass is 127. The summed E-state index contributed by atoms with van der Waals surface area (Å²) in [5, 5.41) is 15.6. The van der Waals surface area contributed by atoms with Gasteiger partial charge in [0, 0.05) is 26.1 Å². The van der Waals surface area contributed by atoms with Crippen LogP contribution in [0, 0.1) is 5.92 Å². The average Bonchev–Trinajstić information content (AvgIpc) is 3.07. The van der Waals surface area contributed by atoms with Gasteiger partial charge in [-0.15, -0.1) is 34.2 Å². The van der Waals surface area contributed by atoms with Gasteiger partial charge in [0.15, 0.2) is 11.8 Å². The molecule has 148 valence electrons. The van der Waals surface area contributed by atoms with Crippen molar-refractivity contribution in [2.24, 2.45) is 10.9 Å². The Bertz CT molecular complexity index is 564. The minimum atomic E-state index is 0. The summed E-state index contributed by atoms with van der Waals surface area (Å²) in [6, 6.07) is 0.445. The standard InChI is InChI=1S/C19H34N6.HI/c1-15(11-12-16-8-4-3-5-9-16)22-19(20-2)21-14-18-24-23-17-10-6-7-13-25(17)18;/h15-16H,3-14H2,1-2H3,(H2,20,21,22);1H. The number of nitrogens with one attached hydrogen (secondary N) is 2. The Morgan fingerprint density at radius 1 is 1.19 bits per heavy atom. The summed E-state index contributed by atoms with van der Waals surface area (Å²) in [6.07, 6.45) is 13.2. The first-order valence-corrected chi connectivity index (χ1v) is 10.1. The van der Waals surface area contributed by atoms with Gasteiger partial charge in [0.25, 0.3) is 0 Å². The molecular formula is C19H35IN6. The lowest BCUT2D eigenvalue weighted by atomic mass is 9.85. The van der Waals surface area contributed by atoms with Crippen molar-refractivity contribution < 1.29 is 0 Å². The molecule has 7 heteroatoms. The molecule has 1 aromatic heterocycles. The van der Waals surface area contributed by atoms with Crippen molar-refractivity contribution in [2.75, 3.05) is 7.05 Å². The molecule has 0 bridgehead atoms. The largest absolute Gasteiger partial charge is 0.354 e. The van der Waals surface area contributed by atoms with E-state index in [0.29, 0.717) is 12.6 Å². The predicted octanol–water partition coefficient (Wildman–Crippen LogP) is 3.65. The van der Waals surface area contributed by atoms with Gasteiger partial charge in [-0.1, -0.05) is 32.1 Å². The average molecular weight is 474 g/mol. The maximum absolute atomic E-state index is 4.37. The Hall–Kier alpha value is -0.860. The topological polar surface area (TPSA) is 67.1 Å². The lowest BCUT2D eigenvalue weighted by molar-refractivity contribution is 0.322. The highest BCUT2D eigenvalue weighted by Gasteiger charge is 2.17. The Morgan fingerprint density at radius 2 is 2.00 bits per heavy atom. The number of hydrogen-bond donors (Lipinski definition) is 2. The normalized spacial score (nSPS) is 19.4. The number of aliphatic imine (C=N–C) groups is 1. The molecule has 0 amide bonds. The Balaban J connectivity index is 0.00000243. The van der Waals surface area contributed by atoms with Gasteiger partial charge < -0.3 is 15.2 Å². The first kappa shape index (κ1) is 21.4. The van der Waals surface area contributed by atoms with Crippen molar-refractivity contribution in [3.8, 4) is 0 Å². The van der Waals surface area contributed by atoms with E-state index in [0.717, 1.165) is 36.5 Å². The number of aromatic nitrogens is 3. The molecule has 0 saturated heterocycles. The first-order chi connectivity index (χ1) is 12.3. The van der Waals surface area contributed by atoms with Crippen LogP contribution in [-0.2, 0) is 19.5 Å². The van der Waals surface area contributed by atoms with Crippen LogP contribution in [0.15, 0.2) is 4.99 Å². The van der Waals surface area contributed by atoms with E-state index in [1.807, 2.05) is 7.05 Å². The van der Waals surface area contributed by atoms with Crippen LogP contribution in [-0.4, -0.2) is 33.8 Å². The van der Waals surface area contributed by atoms with E-state index in [1.54, 1.807) is 0 Å². The second-order valence-electron chi connectivity index (χ2n) is 7.69. The number of fused-ring (bicyclic) bond motifs is 1. The number of hydrogen-bond acceptors (Lipinski definition) is 3. The molecule has 2 heterocycles. The molecule has 6 nitrogen and oxygen atoms in total. The van der Waals surface area contributed by atoms with Gasteiger partial charge in [-0.25, -0.2) is 0 Å². The van der Waals surface area contributed by atoms with Crippen molar-refractivity contribution in [1.29, 1.82) is 0 Å². The fourth-order valence-corrected chi connectivity index (χ4v) is 4.12. The second-order valence-corrected chi connectivity index (χ2v) is 7.69. The number of rotatable bonds is 6. The van der Waals surface area contributed by atoms with Crippen LogP contribution < -0.4 is 10.6 Å². The van der Waals surface area contributed by atoms with E-state index in [-0.39, 0.29) is 24.0 Å². The van der Waals surface area contributed by atoms with Crippen LogP contribution in [0.5, 0.6) is 0 Å². The van der Waals surface area contributed by atoms with E-state index in [4.69, 9.17) is 0 Å². The molecule has 2 aliphatic rings. The zero-order valence-electron chi connectivity index (χ0n) is 16.3. The first-order valence-electron chi connectivity index (χ1n) is 10.1. The molecule has 1 saturated carbocycles. The summed E-state index contributed by atoms with van der Waals surface area (Å²) in [7, 11) is 1.84. The molecule has 2 N–H and O–H groups in total. The number of guanidine groups is 1. The summed E-state index contributed by atoms with van der Waals surface area (Å²) < 4.78 is 2.26. The van der Waals surface area contributed by atoms with Gasteiger partial charge in [-0.3, -0.25) is 4.99 Å². The Labute approximate surface area is 175 Å². The van der Waals surface area contributed by atoms with Crippen molar-refractivity contribution in [3.63, 3.8) is 0 Å². The molecule has 1 atom stereocenters. The number of halogens is 1. The molecule has 1 fully saturated rings. The highest BCUT2D eigenvalue weighted by Crippen LogP contribution is 2.27. The van der Waals surface area contributed by atoms with Crippen LogP contribution in [0.3, 0.4) is 0 Å². The molecule has 1 unspecified atom stereocenters. The Kier molecular flexibility index (Phi) is 9.15. The molecular weight excluding hydrogens is 439 g/mol. The van der Waals surface area contributed by atoms with Crippen molar-refractivity contribution in [3.05, 3.63) is 11.6 Å². The van der Waals surface area contributed by atoms with Gasteiger partial charge in [0.2, 0.25) is 0 Å². The highest BCUT2D eigenvalue weighted by molar-refractivity contribution is 14.0. The van der Waals surface area contributed by atoms with Crippen molar-refractivity contribution in [2.45, 2.75) is 90.3 Å². The maximum Gasteiger partial charge on any atom is 0.191 e. The van der Waals surface area contributed by atoms with Crippen molar-refractivity contribution >= 4 is 29.9 Å². The smallest absolute Gasteiger partial charge is 0.191 e. The minimum Gasteiger partial charge on any atom is -0.354 e. The maximum atomic E-state index is 4.37. The van der Waals surface area contributed by atoms with Crippen LogP contribution >= 0.6 is 24.0 Å². The lowest BCUT2D eigenvalue weighted by Crippen LogP contribution is -2.42. The van der Waals surface area contributed by atoms with Gasteiger partial charge in [0.05, 0.1) is 6.54 Å². The summed E-state index contributed by atoms with van der Waals surface area (Å²) in [5.74, 6) is 3.96. The van der Waals surface area contributed by atoms with Crippen LogP contribution in [0.4, 0.5) is 0 Å².